The number of aliphatic hydroxyl groups excluding tert-OH is 1. The van der Waals surface area contributed by atoms with Crippen molar-refractivity contribution in [3.63, 3.8) is 0 Å². The minimum atomic E-state index is 0.187. The van der Waals surface area contributed by atoms with Gasteiger partial charge in [-0.3, -0.25) is 0 Å². The molecule has 106 valence electrons. The predicted octanol–water partition coefficient (Wildman–Crippen LogP) is 3.36. The Balaban J connectivity index is 1.97. The molecular formula is C18H23NO. The summed E-state index contributed by atoms with van der Waals surface area (Å²) < 4.78 is 0. The summed E-state index contributed by atoms with van der Waals surface area (Å²) in [5.74, 6) is 0.546. The number of hydrogen-bond acceptors (Lipinski definition) is 2. The molecule has 0 aliphatic rings. The Morgan fingerprint density at radius 3 is 2.15 bits per heavy atom. The van der Waals surface area contributed by atoms with E-state index in [1.165, 1.54) is 11.3 Å². The molecule has 2 rings (SSSR count). The molecule has 1 atom stereocenters. The first kappa shape index (κ1) is 14.6. The highest BCUT2D eigenvalue weighted by atomic mass is 16.3. The molecule has 1 unspecified atom stereocenters. The number of rotatable bonds is 7. The Hall–Kier alpha value is -1.80. The fourth-order valence-electron chi connectivity index (χ4n) is 2.54. The van der Waals surface area contributed by atoms with Crippen molar-refractivity contribution in [3.8, 4) is 0 Å². The van der Waals surface area contributed by atoms with Crippen LogP contribution in [0, 0.1) is 5.92 Å². The molecule has 0 spiro atoms. The molecule has 0 heterocycles. The maximum Gasteiger partial charge on any atom is 0.0606 e. The lowest BCUT2D eigenvalue weighted by Crippen LogP contribution is -2.31. The van der Waals surface area contributed by atoms with Crippen LogP contribution in [0.4, 0.5) is 5.69 Å². The van der Waals surface area contributed by atoms with Crippen LogP contribution in [-0.4, -0.2) is 24.8 Å². The van der Waals surface area contributed by atoms with E-state index in [1.54, 1.807) is 0 Å². The molecule has 0 saturated carbocycles. The van der Waals surface area contributed by atoms with Crippen LogP contribution in [0.25, 0.3) is 0 Å². The van der Waals surface area contributed by atoms with Crippen LogP contribution in [-0.2, 0) is 6.42 Å². The monoisotopic (exact) mass is 269 g/mol. The fourth-order valence-corrected chi connectivity index (χ4v) is 2.54. The van der Waals surface area contributed by atoms with Gasteiger partial charge in [0, 0.05) is 18.8 Å². The van der Waals surface area contributed by atoms with Crippen molar-refractivity contribution in [1.82, 2.24) is 0 Å². The highest BCUT2D eigenvalue weighted by molar-refractivity contribution is 5.46. The van der Waals surface area contributed by atoms with E-state index < -0.39 is 0 Å². The smallest absolute Gasteiger partial charge is 0.0606 e. The second kappa shape index (κ2) is 7.71. The second-order valence-electron chi connectivity index (χ2n) is 5.30. The molecule has 2 aromatic rings. The zero-order valence-corrected chi connectivity index (χ0v) is 12.1. The molecule has 1 N–H and O–H groups in total. The van der Waals surface area contributed by atoms with Crippen LogP contribution in [0.15, 0.2) is 60.7 Å². The number of anilines is 1. The van der Waals surface area contributed by atoms with Gasteiger partial charge in [-0.2, -0.15) is 0 Å². The number of benzene rings is 2. The molecule has 2 heteroatoms. The normalized spacial score (nSPS) is 12.1. The first-order valence-corrected chi connectivity index (χ1v) is 7.24. The quantitative estimate of drug-likeness (QED) is 0.833. The summed E-state index contributed by atoms with van der Waals surface area (Å²) in [5.41, 5.74) is 2.55. The van der Waals surface area contributed by atoms with Crippen molar-refractivity contribution in [2.75, 3.05) is 24.6 Å². The average molecular weight is 269 g/mol. The minimum absolute atomic E-state index is 0.187. The van der Waals surface area contributed by atoms with Gasteiger partial charge in [-0.25, -0.2) is 0 Å². The molecule has 0 saturated heterocycles. The highest BCUT2D eigenvalue weighted by Crippen LogP contribution is 2.17. The summed E-state index contributed by atoms with van der Waals surface area (Å²) in [5, 5.41) is 9.26. The third-order valence-corrected chi connectivity index (χ3v) is 3.45. The Bertz CT molecular complexity index is 483. The van der Waals surface area contributed by atoms with Crippen LogP contribution >= 0.6 is 0 Å². The van der Waals surface area contributed by atoms with E-state index in [-0.39, 0.29) is 6.61 Å². The van der Waals surface area contributed by atoms with E-state index in [9.17, 15) is 5.11 Å². The first-order valence-electron chi connectivity index (χ1n) is 7.24. The number of nitrogens with zero attached hydrogens (tertiary/aromatic N) is 1. The first-order chi connectivity index (χ1) is 9.79. The highest BCUT2D eigenvalue weighted by Gasteiger charge is 2.11. The van der Waals surface area contributed by atoms with Crippen LogP contribution in [0.3, 0.4) is 0 Å². The standard InChI is InChI=1S/C18H23NO/c1-16(14-17-8-4-2-5-9-17)15-19(12-13-20)18-10-6-3-7-11-18/h2-11,16,20H,12-15H2,1H3. The van der Waals surface area contributed by atoms with Gasteiger partial charge in [-0.1, -0.05) is 55.5 Å². The van der Waals surface area contributed by atoms with Gasteiger partial charge >= 0.3 is 0 Å². The Kier molecular flexibility index (Phi) is 5.63. The molecule has 0 bridgehead atoms. The van der Waals surface area contributed by atoms with Gasteiger partial charge < -0.3 is 10.0 Å². The minimum Gasteiger partial charge on any atom is -0.395 e. The molecule has 2 nitrogen and oxygen atoms in total. The van der Waals surface area contributed by atoms with Crippen LogP contribution in [0.1, 0.15) is 12.5 Å². The summed E-state index contributed by atoms with van der Waals surface area (Å²) in [4.78, 5) is 2.26. The second-order valence-corrected chi connectivity index (χ2v) is 5.30. The Labute approximate surface area is 121 Å². The van der Waals surface area contributed by atoms with Crippen molar-refractivity contribution >= 4 is 5.69 Å². The lowest BCUT2D eigenvalue weighted by Gasteiger charge is -2.27. The maximum absolute atomic E-state index is 9.26. The van der Waals surface area contributed by atoms with Crippen molar-refractivity contribution in [2.24, 2.45) is 5.92 Å². The SMILES string of the molecule is CC(Cc1ccccc1)CN(CCO)c1ccccc1. The van der Waals surface area contributed by atoms with Crippen LogP contribution in [0.2, 0.25) is 0 Å². The van der Waals surface area contributed by atoms with E-state index in [4.69, 9.17) is 0 Å². The van der Waals surface area contributed by atoms with Gasteiger partial charge in [0.25, 0.3) is 0 Å². The van der Waals surface area contributed by atoms with Crippen molar-refractivity contribution in [3.05, 3.63) is 66.2 Å². The lowest BCUT2D eigenvalue weighted by molar-refractivity contribution is 0.299. The molecule has 2 aromatic carbocycles. The fraction of sp³-hybridized carbons (Fsp3) is 0.333. The topological polar surface area (TPSA) is 23.5 Å². The van der Waals surface area contributed by atoms with Crippen molar-refractivity contribution in [1.29, 1.82) is 0 Å². The van der Waals surface area contributed by atoms with Gasteiger partial charge in [-0.05, 0) is 30.0 Å². The van der Waals surface area contributed by atoms with Gasteiger partial charge in [0.1, 0.15) is 0 Å². The predicted molar refractivity (Wildman–Crippen MR) is 85.1 cm³/mol. The lowest BCUT2D eigenvalue weighted by atomic mass is 10.0. The number of hydrogen-bond donors (Lipinski definition) is 1. The van der Waals surface area contributed by atoms with E-state index in [2.05, 4.69) is 54.3 Å². The van der Waals surface area contributed by atoms with Crippen LogP contribution < -0.4 is 4.90 Å². The summed E-state index contributed by atoms with van der Waals surface area (Å²) in [7, 11) is 0. The third kappa shape index (κ3) is 4.39. The zero-order valence-electron chi connectivity index (χ0n) is 12.1. The molecule has 0 aliphatic carbocycles. The van der Waals surface area contributed by atoms with E-state index in [0.717, 1.165) is 13.0 Å². The van der Waals surface area contributed by atoms with Gasteiger partial charge in [-0.15, -0.1) is 0 Å². The molecular weight excluding hydrogens is 246 g/mol. The third-order valence-electron chi connectivity index (χ3n) is 3.45. The van der Waals surface area contributed by atoms with Crippen LogP contribution in [0.5, 0.6) is 0 Å². The molecule has 0 aliphatic heterocycles. The molecule has 0 fully saturated rings. The van der Waals surface area contributed by atoms with Gasteiger partial charge in [0.05, 0.1) is 6.61 Å². The Morgan fingerprint density at radius 2 is 1.55 bits per heavy atom. The van der Waals surface area contributed by atoms with Gasteiger partial charge in [0.2, 0.25) is 0 Å². The molecule has 0 radical (unpaired) electrons. The van der Waals surface area contributed by atoms with E-state index in [0.29, 0.717) is 12.5 Å². The van der Waals surface area contributed by atoms with E-state index >= 15 is 0 Å². The largest absolute Gasteiger partial charge is 0.395 e. The van der Waals surface area contributed by atoms with E-state index in [1.807, 2.05) is 18.2 Å². The summed E-state index contributed by atoms with van der Waals surface area (Å²) in [6.45, 7) is 4.09. The summed E-state index contributed by atoms with van der Waals surface area (Å²) in [6, 6.07) is 20.9. The van der Waals surface area contributed by atoms with Crippen molar-refractivity contribution < 1.29 is 5.11 Å². The average Bonchev–Trinajstić information content (AvgIpc) is 2.49. The molecule has 20 heavy (non-hydrogen) atoms. The van der Waals surface area contributed by atoms with Gasteiger partial charge in [0.15, 0.2) is 0 Å². The molecule has 0 aromatic heterocycles. The number of aliphatic hydroxyl groups is 1. The number of para-hydroxylation sites is 1. The zero-order chi connectivity index (χ0) is 14.2. The Morgan fingerprint density at radius 1 is 0.950 bits per heavy atom. The summed E-state index contributed by atoms with van der Waals surface area (Å²) >= 11 is 0. The maximum atomic E-state index is 9.26. The summed E-state index contributed by atoms with van der Waals surface area (Å²) in [6.07, 6.45) is 1.07. The van der Waals surface area contributed by atoms with Crippen molar-refractivity contribution in [2.45, 2.75) is 13.3 Å². The molecule has 0 amide bonds.